The predicted octanol–water partition coefficient (Wildman–Crippen LogP) is 1.67. The number of methoxy groups -OCH3 is 1. The second kappa shape index (κ2) is 4.22. The Kier molecular flexibility index (Phi) is 2.71. The summed E-state index contributed by atoms with van der Waals surface area (Å²) in [6.07, 6.45) is 2.44. The van der Waals surface area contributed by atoms with Crippen LogP contribution in [0.15, 0.2) is 18.2 Å². The van der Waals surface area contributed by atoms with E-state index in [9.17, 15) is 0 Å². The average molecular weight is 232 g/mol. The number of ether oxygens (including phenoxy) is 1. The van der Waals surface area contributed by atoms with Gasteiger partial charge in [0.1, 0.15) is 5.75 Å². The van der Waals surface area contributed by atoms with E-state index in [4.69, 9.17) is 4.74 Å². The molecule has 0 aliphatic carbocycles. The van der Waals surface area contributed by atoms with Gasteiger partial charge in [-0.1, -0.05) is 6.07 Å². The highest BCUT2D eigenvalue weighted by Crippen LogP contribution is 2.37. The van der Waals surface area contributed by atoms with Crippen LogP contribution in [0, 0.1) is 5.92 Å². The van der Waals surface area contributed by atoms with Gasteiger partial charge in [0.05, 0.1) is 7.11 Å². The van der Waals surface area contributed by atoms with E-state index in [0.717, 1.165) is 24.8 Å². The molecule has 17 heavy (non-hydrogen) atoms. The molecule has 0 saturated carbocycles. The van der Waals surface area contributed by atoms with Crippen LogP contribution in [0.5, 0.6) is 5.75 Å². The van der Waals surface area contributed by atoms with Crippen molar-refractivity contribution in [3.05, 3.63) is 23.8 Å². The lowest BCUT2D eigenvalue weighted by molar-refractivity contribution is 0.304. The number of rotatable bonds is 1. The zero-order valence-corrected chi connectivity index (χ0v) is 10.6. The summed E-state index contributed by atoms with van der Waals surface area (Å²) in [4.78, 5) is 2.45. The van der Waals surface area contributed by atoms with Crippen molar-refractivity contribution in [3.63, 3.8) is 0 Å². The zero-order valence-electron chi connectivity index (χ0n) is 10.6. The van der Waals surface area contributed by atoms with Gasteiger partial charge in [-0.2, -0.15) is 0 Å². The minimum absolute atomic E-state index is 0.691. The van der Waals surface area contributed by atoms with Crippen molar-refractivity contribution in [2.24, 2.45) is 5.92 Å². The Bertz CT molecular complexity index is 419. The lowest BCUT2D eigenvalue weighted by Crippen LogP contribution is -2.51. The van der Waals surface area contributed by atoms with Crippen molar-refractivity contribution in [1.29, 1.82) is 0 Å². The van der Waals surface area contributed by atoms with Gasteiger partial charge in [0, 0.05) is 31.4 Å². The molecule has 0 amide bonds. The van der Waals surface area contributed by atoms with Gasteiger partial charge in [0.2, 0.25) is 0 Å². The number of nitrogens with zero attached hydrogens (tertiary/aromatic N) is 1. The molecular formula is C14H20N2O. The Hall–Kier alpha value is -1.22. The molecule has 2 aliphatic heterocycles. The molecular weight excluding hydrogens is 212 g/mol. The monoisotopic (exact) mass is 232 g/mol. The summed E-state index contributed by atoms with van der Waals surface area (Å²) in [5.41, 5.74) is 2.81. The Labute approximate surface area is 103 Å². The molecule has 1 N–H and O–H groups in total. The van der Waals surface area contributed by atoms with Crippen LogP contribution >= 0.6 is 0 Å². The molecule has 0 bridgehead atoms. The Morgan fingerprint density at radius 2 is 2.29 bits per heavy atom. The average Bonchev–Trinajstić information content (AvgIpc) is 2.39. The van der Waals surface area contributed by atoms with Gasteiger partial charge in [0.25, 0.3) is 0 Å². The first-order chi connectivity index (χ1) is 8.29. The molecule has 2 unspecified atom stereocenters. The molecule has 1 aromatic rings. The zero-order chi connectivity index (χ0) is 11.8. The van der Waals surface area contributed by atoms with Crippen LogP contribution in [0.3, 0.4) is 0 Å². The summed E-state index contributed by atoms with van der Waals surface area (Å²) in [5, 5.41) is 3.51. The lowest BCUT2D eigenvalue weighted by atomic mass is 9.82. The van der Waals surface area contributed by atoms with Crippen molar-refractivity contribution in [2.75, 3.05) is 32.1 Å². The molecule has 92 valence electrons. The van der Waals surface area contributed by atoms with Crippen molar-refractivity contribution < 1.29 is 4.74 Å². The van der Waals surface area contributed by atoms with Gasteiger partial charge in [0.15, 0.2) is 0 Å². The fourth-order valence-electron chi connectivity index (χ4n) is 3.26. The standard InChI is InChI=1S/C14H20N2O/c1-16-13-5-6-15-9-11(13)7-10-3-4-12(17-2)8-14(10)16/h3-4,8,11,13,15H,5-7,9H2,1-2H3. The van der Waals surface area contributed by atoms with E-state index < -0.39 is 0 Å². The first kappa shape index (κ1) is 10.9. The van der Waals surface area contributed by atoms with Gasteiger partial charge in [-0.15, -0.1) is 0 Å². The van der Waals surface area contributed by atoms with Crippen molar-refractivity contribution in [1.82, 2.24) is 5.32 Å². The number of piperidine rings is 1. The second-order valence-corrected chi connectivity index (χ2v) is 5.13. The van der Waals surface area contributed by atoms with Gasteiger partial charge >= 0.3 is 0 Å². The summed E-state index contributed by atoms with van der Waals surface area (Å²) >= 11 is 0. The van der Waals surface area contributed by atoms with E-state index in [2.05, 4.69) is 35.5 Å². The number of anilines is 1. The molecule has 3 rings (SSSR count). The van der Waals surface area contributed by atoms with Crippen LogP contribution in [0.4, 0.5) is 5.69 Å². The topological polar surface area (TPSA) is 24.5 Å². The van der Waals surface area contributed by atoms with Gasteiger partial charge < -0.3 is 15.0 Å². The molecule has 0 aromatic heterocycles. The second-order valence-electron chi connectivity index (χ2n) is 5.13. The number of fused-ring (bicyclic) bond motifs is 2. The van der Waals surface area contributed by atoms with E-state index in [-0.39, 0.29) is 0 Å². The van der Waals surface area contributed by atoms with Crippen molar-refractivity contribution in [2.45, 2.75) is 18.9 Å². The molecule has 2 aliphatic rings. The van der Waals surface area contributed by atoms with Crippen molar-refractivity contribution in [3.8, 4) is 5.75 Å². The minimum Gasteiger partial charge on any atom is -0.497 e. The third kappa shape index (κ3) is 1.78. The van der Waals surface area contributed by atoms with Crippen LogP contribution in [0.2, 0.25) is 0 Å². The largest absolute Gasteiger partial charge is 0.497 e. The summed E-state index contributed by atoms with van der Waals surface area (Å²) in [5.74, 6) is 1.72. The summed E-state index contributed by atoms with van der Waals surface area (Å²) in [7, 11) is 3.96. The first-order valence-electron chi connectivity index (χ1n) is 6.40. The maximum Gasteiger partial charge on any atom is 0.120 e. The molecule has 1 saturated heterocycles. The third-order valence-electron chi connectivity index (χ3n) is 4.22. The minimum atomic E-state index is 0.691. The number of benzene rings is 1. The van der Waals surface area contributed by atoms with E-state index in [0.29, 0.717) is 6.04 Å². The summed E-state index contributed by atoms with van der Waals surface area (Å²) in [6.45, 7) is 2.30. The number of hydrogen-bond acceptors (Lipinski definition) is 3. The molecule has 2 heterocycles. The van der Waals surface area contributed by atoms with Crippen LogP contribution in [0.25, 0.3) is 0 Å². The highest BCUT2D eigenvalue weighted by molar-refractivity contribution is 5.59. The molecule has 2 atom stereocenters. The fourth-order valence-corrected chi connectivity index (χ4v) is 3.26. The highest BCUT2D eigenvalue weighted by Gasteiger charge is 2.33. The van der Waals surface area contributed by atoms with Gasteiger partial charge in [-0.05, 0) is 36.9 Å². The van der Waals surface area contributed by atoms with Gasteiger partial charge in [-0.25, -0.2) is 0 Å². The van der Waals surface area contributed by atoms with Crippen LogP contribution in [-0.2, 0) is 6.42 Å². The van der Waals surface area contributed by atoms with E-state index >= 15 is 0 Å². The molecule has 0 radical (unpaired) electrons. The maximum absolute atomic E-state index is 5.33. The van der Waals surface area contributed by atoms with Crippen LogP contribution in [0.1, 0.15) is 12.0 Å². The van der Waals surface area contributed by atoms with E-state index in [1.54, 1.807) is 7.11 Å². The number of nitrogens with one attached hydrogen (secondary N) is 1. The van der Waals surface area contributed by atoms with Crippen LogP contribution in [-0.4, -0.2) is 33.3 Å². The summed E-state index contributed by atoms with van der Waals surface area (Å²) in [6, 6.07) is 7.16. The third-order valence-corrected chi connectivity index (χ3v) is 4.22. The molecule has 3 nitrogen and oxygen atoms in total. The molecule has 1 fully saturated rings. The Morgan fingerprint density at radius 1 is 1.41 bits per heavy atom. The first-order valence-corrected chi connectivity index (χ1v) is 6.40. The normalized spacial score (nSPS) is 27.3. The molecule has 3 heteroatoms. The number of hydrogen-bond donors (Lipinski definition) is 1. The van der Waals surface area contributed by atoms with Crippen molar-refractivity contribution >= 4 is 5.69 Å². The fraction of sp³-hybridized carbons (Fsp3) is 0.571. The predicted molar refractivity (Wildman–Crippen MR) is 69.9 cm³/mol. The molecule has 0 spiro atoms. The van der Waals surface area contributed by atoms with Gasteiger partial charge in [-0.3, -0.25) is 0 Å². The SMILES string of the molecule is COc1ccc2c(c1)N(C)C1CCNCC1C2. The summed E-state index contributed by atoms with van der Waals surface area (Å²) < 4.78 is 5.33. The Morgan fingerprint density at radius 3 is 3.12 bits per heavy atom. The van der Waals surface area contributed by atoms with E-state index in [1.165, 1.54) is 24.1 Å². The highest BCUT2D eigenvalue weighted by atomic mass is 16.5. The lowest BCUT2D eigenvalue weighted by Gasteiger charge is -2.44. The molecule has 1 aromatic carbocycles. The van der Waals surface area contributed by atoms with E-state index in [1.807, 2.05) is 0 Å². The smallest absolute Gasteiger partial charge is 0.120 e. The quantitative estimate of drug-likeness (QED) is 0.797. The Balaban J connectivity index is 1.97. The van der Waals surface area contributed by atoms with Crippen LogP contribution < -0.4 is 15.0 Å². The maximum atomic E-state index is 5.33.